The molecule has 1 saturated heterocycles. The monoisotopic (exact) mass is 432 g/mol. The number of hydrogen-bond donors (Lipinski definition) is 3. The second kappa shape index (κ2) is 7.98. The summed E-state index contributed by atoms with van der Waals surface area (Å²) in [5, 5.41) is 10.9. The van der Waals surface area contributed by atoms with Gasteiger partial charge in [-0.1, -0.05) is 13.8 Å². The number of nitrogens with zero attached hydrogens (tertiary/aromatic N) is 5. The van der Waals surface area contributed by atoms with Gasteiger partial charge < -0.3 is 16.4 Å². The van der Waals surface area contributed by atoms with E-state index in [0.717, 1.165) is 55.7 Å². The Morgan fingerprint density at radius 3 is 2.97 bits per heavy atom. The van der Waals surface area contributed by atoms with Crippen molar-refractivity contribution in [2.24, 2.45) is 5.41 Å². The van der Waals surface area contributed by atoms with Crippen LogP contribution >= 0.6 is 0 Å². The molecule has 0 saturated carbocycles. The lowest BCUT2D eigenvalue weighted by Crippen LogP contribution is -2.46. The largest absolute Gasteiger partial charge is 0.382 e. The van der Waals surface area contributed by atoms with E-state index in [9.17, 15) is 4.79 Å². The van der Waals surface area contributed by atoms with E-state index >= 15 is 0 Å². The third-order valence-corrected chi connectivity index (χ3v) is 6.15. The number of carbonyl (C=O) groups excluding carboxylic acids is 1. The summed E-state index contributed by atoms with van der Waals surface area (Å²) in [7, 11) is 0. The number of nitrogens with one attached hydrogen (secondary N) is 2. The predicted molar refractivity (Wildman–Crippen MR) is 122 cm³/mol. The van der Waals surface area contributed by atoms with Gasteiger partial charge in [0.25, 0.3) is 5.91 Å². The lowest BCUT2D eigenvalue weighted by Gasteiger charge is -2.23. The molecule has 1 fully saturated rings. The molecule has 166 valence electrons. The molecule has 1 amide bonds. The summed E-state index contributed by atoms with van der Waals surface area (Å²) in [5.74, 6) is -0.169. The molecule has 9 nitrogen and oxygen atoms in total. The molecule has 5 heterocycles. The summed E-state index contributed by atoms with van der Waals surface area (Å²) in [4.78, 5) is 26.2. The van der Waals surface area contributed by atoms with Crippen molar-refractivity contribution in [1.82, 2.24) is 35.4 Å². The smallest absolute Gasteiger partial charge is 0.274 e. The molecular formula is C23H28N8O. The Morgan fingerprint density at radius 2 is 2.16 bits per heavy atom. The molecule has 5 rings (SSSR count). The molecule has 2 aliphatic heterocycles. The standard InChI is InChI=1S/C23H28N8O/c1-23(2)9-19-16(11-28-31(19)13-23)17-8-14(5-7-26-17)18-12-27-21(24)20(30-18)22(32)29-15-4-3-6-25-10-15/h5,7-8,11-12,15,25H,3-4,6,9-10,13H2,1-2H3,(H2,24,27)(H,29,32). The summed E-state index contributed by atoms with van der Waals surface area (Å²) < 4.78 is 2.06. The average molecular weight is 433 g/mol. The number of piperidine rings is 1. The maximum Gasteiger partial charge on any atom is 0.274 e. The highest BCUT2D eigenvalue weighted by molar-refractivity contribution is 5.97. The Bertz CT molecular complexity index is 1160. The fraction of sp³-hybridized carbons (Fsp3) is 0.435. The maximum absolute atomic E-state index is 12.8. The number of fused-ring (bicyclic) bond motifs is 1. The summed E-state index contributed by atoms with van der Waals surface area (Å²) in [5.41, 5.74) is 10.8. The van der Waals surface area contributed by atoms with E-state index in [1.54, 1.807) is 12.4 Å². The number of amides is 1. The Balaban J connectivity index is 1.43. The summed E-state index contributed by atoms with van der Waals surface area (Å²) in [6.45, 7) is 7.12. The first-order valence-electron chi connectivity index (χ1n) is 11.1. The van der Waals surface area contributed by atoms with E-state index in [0.29, 0.717) is 5.69 Å². The van der Waals surface area contributed by atoms with Crippen LogP contribution in [0.15, 0.2) is 30.7 Å². The fourth-order valence-electron chi connectivity index (χ4n) is 4.53. The Kier molecular flexibility index (Phi) is 5.13. The van der Waals surface area contributed by atoms with Gasteiger partial charge in [-0.3, -0.25) is 14.5 Å². The summed E-state index contributed by atoms with van der Waals surface area (Å²) in [6.07, 6.45) is 8.14. The number of rotatable bonds is 4. The van der Waals surface area contributed by atoms with Crippen LogP contribution in [0.2, 0.25) is 0 Å². The Morgan fingerprint density at radius 1 is 1.28 bits per heavy atom. The van der Waals surface area contributed by atoms with Crippen molar-refractivity contribution < 1.29 is 4.79 Å². The van der Waals surface area contributed by atoms with E-state index in [2.05, 4.69) is 49.2 Å². The molecular weight excluding hydrogens is 404 g/mol. The van der Waals surface area contributed by atoms with Gasteiger partial charge in [-0.25, -0.2) is 9.97 Å². The second-order valence-corrected chi connectivity index (χ2v) is 9.44. The SMILES string of the molecule is CC1(C)Cc2c(-c3cc(-c4cnc(N)c(C(=O)NC5CCCNC5)n4)ccn3)cnn2C1. The minimum atomic E-state index is -0.295. The van der Waals surface area contributed by atoms with Gasteiger partial charge >= 0.3 is 0 Å². The van der Waals surface area contributed by atoms with E-state index in [4.69, 9.17) is 5.73 Å². The molecule has 4 N–H and O–H groups in total. The minimum absolute atomic E-state index is 0.0716. The highest BCUT2D eigenvalue weighted by Crippen LogP contribution is 2.36. The van der Waals surface area contributed by atoms with Crippen molar-refractivity contribution in [3.05, 3.63) is 42.1 Å². The molecule has 3 aromatic heterocycles. The van der Waals surface area contributed by atoms with Gasteiger partial charge in [-0.05, 0) is 43.4 Å². The zero-order chi connectivity index (χ0) is 22.3. The van der Waals surface area contributed by atoms with Crippen LogP contribution < -0.4 is 16.4 Å². The first-order chi connectivity index (χ1) is 15.4. The van der Waals surface area contributed by atoms with E-state index in [1.165, 1.54) is 5.69 Å². The molecule has 32 heavy (non-hydrogen) atoms. The van der Waals surface area contributed by atoms with E-state index in [1.807, 2.05) is 18.3 Å². The van der Waals surface area contributed by atoms with Crippen LogP contribution in [0.4, 0.5) is 5.82 Å². The van der Waals surface area contributed by atoms with Gasteiger partial charge in [0.05, 0.1) is 23.8 Å². The van der Waals surface area contributed by atoms with Crippen LogP contribution in [-0.2, 0) is 13.0 Å². The third-order valence-electron chi connectivity index (χ3n) is 6.15. The normalized spacial score (nSPS) is 19.5. The van der Waals surface area contributed by atoms with Gasteiger partial charge in [0.2, 0.25) is 0 Å². The van der Waals surface area contributed by atoms with Crippen LogP contribution in [0.25, 0.3) is 22.5 Å². The zero-order valence-electron chi connectivity index (χ0n) is 18.4. The van der Waals surface area contributed by atoms with Crippen LogP contribution in [0, 0.1) is 5.41 Å². The average Bonchev–Trinajstić information content (AvgIpc) is 3.29. The van der Waals surface area contributed by atoms with Crippen molar-refractivity contribution in [2.75, 3.05) is 18.8 Å². The number of nitrogen functional groups attached to an aromatic ring is 1. The molecule has 0 bridgehead atoms. The summed E-state index contributed by atoms with van der Waals surface area (Å²) >= 11 is 0. The maximum atomic E-state index is 12.8. The molecule has 1 unspecified atom stereocenters. The van der Waals surface area contributed by atoms with Gasteiger partial charge in [0.1, 0.15) is 0 Å². The Labute approximate surface area is 186 Å². The van der Waals surface area contributed by atoms with Crippen LogP contribution in [0.5, 0.6) is 0 Å². The molecule has 9 heteroatoms. The molecule has 2 aliphatic rings. The van der Waals surface area contributed by atoms with Crippen molar-refractivity contribution in [3.8, 4) is 22.5 Å². The van der Waals surface area contributed by atoms with Gasteiger partial charge in [0, 0.05) is 42.1 Å². The number of pyridine rings is 1. The molecule has 0 spiro atoms. The molecule has 3 aromatic rings. The van der Waals surface area contributed by atoms with Crippen molar-refractivity contribution >= 4 is 11.7 Å². The number of nitrogens with two attached hydrogens (primary N) is 1. The van der Waals surface area contributed by atoms with Crippen LogP contribution in [0.3, 0.4) is 0 Å². The first kappa shape index (κ1) is 20.6. The molecule has 0 aliphatic carbocycles. The highest BCUT2D eigenvalue weighted by Gasteiger charge is 2.32. The van der Waals surface area contributed by atoms with Gasteiger partial charge in [-0.2, -0.15) is 5.10 Å². The zero-order valence-corrected chi connectivity index (χ0v) is 18.4. The molecule has 0 radical (unpaired) electrons. The number of hydrogen-bond acceptors (Lipinski definition) is 7. The van der Waals surface area contributed by atoms with E-state index in [-0.39, 0.29) is 28.9 Å². The Hall–Kier alpha value is -3.33. The predicted octanol–water partition coefficient (Wildman–Crippen LogP) is 2.05. The van der Waals surface area contributed by atoms with Crippen molar-refractivity contribution in [1.29, 1.82) is 0 Å². The second-order valence-electron chi connectivity index (χ2n) is 9.44. The van der Waals surface area contributed by atoms with Crippen LogP contribution in [0.1, 0.15) is 42.9 Å². The number of carbonyl (C=O) groups is 1. The lowest BCUT2D eigenvalue weighted by atomic mass is 9.90. The number of anilines is 1. The molecule has 1 atom stereocenters. The minimum Gasteiger partial charge on any atom is -0.382 e. The summed E-state index contributed by atoms with van der Waals surface area (Å²) in [6, 6.07) is 3.91. The fourth-order valence-corrected chi connectivity index (χ4v) is 4.53. The van der Waals surface area contributed by atoms with Gasteiger partial charge in [-0.15, -0.1) is 0 Å². The van der Waals surface area contributed by atoms with Crippen LogP contribution in [-0.4, -0.2) is 49.8 Å². The highest BCUT2D eigenvalue weighted by atomic mass is 16.2. The lowest BCUT2D eigenvalue weighted by molar-refractivity contribution is 0.0926. The quantitative estimate of drug-likeness (QED) is 0.576. The first-order valence-corrected chi connectivity index (χ1v) is 11.1. The van der Waals surface area contributed by atoms with Crippen molar-refractivity contribution in [3.63, 3.8) is 0 Å². The van der Waals surface area contributed by atoms with E-state index < -0.39 is 0 Å². The van der Waals surface area contributed by atoms with Gasteiger partial charge in [0.15, 0.2) is 11.5 Å². The molecule has 0 aromatic carbocycles. The topological polar surface area (TPSA) is 124 Å². The number of aromatic nitrogens is 5. The van der Waals surface area contributed by atoms with Crippen molar-refractivity contribution in [2.45, 2.75) is 45.7 Å². The third kappa shape index (κ3) is 3.95.